The Bertz CT molecular complexity index is 1310. The first-order chi connectivity index (χ1) is 15.1. The van der Waals surface area contributed by atoms with Crippen molar-refractivity contribution < 1.29 is 4.39 Å². The molecule has 0 atom stereocenters. The second-order valence-electron chi connectivity index (χ2n) is 8.08. The van der Waals surface area contributed by atoms with E-state index in [1.165, 1.54) is 12.1 Å². The topological polar surface area (TPSA) is 89.7 Å². The third-order valence-corrected chi connectivity index (χ3v) is 6.16. The highest BCUT2D eigenvalue weighted by Gasteiger charge is 2.23. The van der Waals surface area contributed by atoms with Gasteiger partial charge in [0.1, 0.15) is 5.82 Å². The van der Waals surface area contributed by atoms with Gasteiger partial charge in [-0.25, -0.2) is 14.0 Å². The van der Waals surface area contributed by atoms with Crippen LogP contribution < -0.4 is 11.4 Å². The number of piperidine rings is 1. The standard InChI is InChI=1S/C23H24FN5O2/c24-16-7-5-15(6-8-16)21-19(25-22(30)27-21)11-14-28-12-9-17(10-13-28)29-20-4-2-1-3-18(20)26-23(29)31/h1-8,17H,9-14H2,(H,26,31)(H2,25,27,30). The van der Waals surface area contributed by atoms with E-state index in [1.54, 1.807) is 12.1 Å². The zero-order valence-corrected chi connectivity index (χ0v) is 17.0. The van der Waals surface area contributed by atoms with Crippen molar-refractivity contribution in [2.24, 2.45) is 0 Å². The van der Waals surface area contributed by atoms with E-state index in [9.17, 15) is 14.0 Å². The Labute approximate surface area is 177 Å². The van der Waals surface area contributed by atoms with E-state index in [1.807, 2.05) is 28.8 Å². The number of aromatic nitrogens is 4. The Morgan fingerprint density at radius 1 is 0.935 bits per heavy atom. The molecule has 0 unspecified atom stereocenters. The molecule has 1 saturated heterocycles. The molecule has 8 heteroatoms. The molecular formula is C23H24FN5O2. The molecule has 0 spiro atoms. The SMILES string of the molecule is O=c1[nH]c(CCN2CCC(n3c(=O)[nH]c4ccccc43)CC2)c(-c2ccc(F)cc2)[nH]1. The van der Waals surface area contributed by atoms with Crippen LogP contribution in [0, 0.1) is 5.82 Å². The Kier molecular flexibility index (Phi) is 5.07. The normalized spacial score (nSPS) is 15.6. The maximum Gasteiger partial charge on any atom is 0.326 e. The van der Waals surface area contributed by atoms with E-state index < -0.39 is 0 Å². The molecule has 2 aromatic heterocycles. The Balaban J connectivity index is 1.25. The van der Waals surface area contributed by atoms with Crippen molar-refractivity contribution in [3.63, 3.8) is 0 Å². The Hall–Kier alpha value is -3.39. The number of aromatic amines is 3. The van der Waals surface area contributed by atoms with Crippen LogP contribution in [0.4, 0.5) is 4.39 Å². The minimum Gasteiger partial charge on any atom is -0.309 e. The predicted octanol–water partition coefficient (Wildman–Crippen LogP) is 3.03. The van der Waals surface area contributed by atoms with Gasteiger partial charge in [0.15, 0.2) is 0 Å². The molecule has 0 aliphatic carbocycles. The van der Waals surface area contributed by atoms with E-state index in [-0.39, 0.29) is 23.2 Å². The zero-order chi connectivity index (χ0) is 21.4. The van der Waals surface area contributed by atoms with Crippen LogP contribution in [0.2, 0.25) is 0 Å². The van der Waals surface area contributed by atoms with Gasteiger partial charge in [0.05, 0.1) is 16.7 Å². The van der Waals surface area contributed by atoms with Gasteiger partial charge in [-0.05, 0) is 49.2 Å². The average molecular weight is 421 g/mol. The van der Waals surface area contributed by atoms with Gasteiger partial charge in [0, 0.05) is 43.4 Å². The van der Waals surface area contributed by atoms with Crippen LogP contribution in [-0.4, -0.2) is 44.1 Å². The molecule has 3 heterocycles. The highest BCUT2D eigenvalue weighted by atomic mass is 19.1. The van der Waals surface area contributed by atoms with Gasteiger partial charge in [-0.3, -0.25) is 4.57 Å². The Morgan fingerprint density at radius 2 is 1.68 bits per heavy atom. The summed E-state index contributed by atoms with van der Waals surface area (Å²) >= 11 is 0. The number of benzene rings is 2. The fourth-order valence-electron chi connectivity index (χ4n) is 4.58. The maximum atomic E-state index is 13.2. The predicted molar refractivity (Wildman–Crippen MR) is 118 cm³/mol. The minimum absolute atomic E-state index is 0.0477. The van der Waals surface area contributed by atoms with Crippen molar-refractivity contribution in [1.82, 2.24) is 24.4 Å². The van der Waals surface area contributed by atoms with Gasteiger partial charge < -0.3 is 19.9 Å². The van der Waals surface area contributed by atoms with Crippen molar-refractivity contribution in [2.45, 2.75) is 25.3 Å². The van der Waals surface area contributed by atoms with Crippen LogP contribution in [0.25, 0.3) is 22.3 Å². The highest BCUT2D eigenvalue weighted by molar-refractivity contribution is 5.75. The molecule has 2 aromatic carbocycles. The first kappa shape index (κ1) is 19.6. The summed E-state index contributed by atoms with van der Waals surface area (Å²) in [5.41, 5.74) is 3.85. The summed E-state index contributed by atoms with van der Waals surface area (Å²) in [5.74, 6) is -0.305. The lowest BCUT2D eigenvalue weighted by Crippen LogP contribution is -2.38. The number of halogens is 1. The quantitative estimate of drug-likeness (QED) is 0.463. The molecule has 3 N–H and O–H groups in total. The molecule has 0 saturated carbocycles. The van der Waals surface area contributed by atoms with Gasteiger partial charge in [-0.1, -0.05) is 12.1 Å². The van der Waals surface area contributed by atoms with E-state index in [2.05, 4.69) is 19.9 Å². The van der Waals surface area contributed by atoms with Crippen LogP contribution in [0.15, 0.2) is 58.1 Å². The smallest absolute Gasteiger partial charge is 0.309 e. The summed E-state index contributed by atoms with van der Waals surface area (Å²) in [4.78, 5) is 35.3. The van der Waals surface area contributed by atoms with Gasteiger partial charge >= 0.3 is 11.4 Å². The first-order valence-electron chi connectivity index (χ1n) is 10.6. The van der Waals surface area contributed by atoms with Crippen LogP contribution >= 0.6 is 0 Å². The molecule has 1 fully saturated rings. The molecule has 0 radical (unpaired) electrons. The van der Waals surface area contributed by atoms with Gasteiger partial charge in [0.25, 0.3) is 0 Å². The van der Waals surface area contributed by atoms with E-state index in [0.717, 1.165) is 54.8 Å². The van der Waals surface area contributed by atoms with Crippen molar-refractivity contribution in [3.8, 4) is 11.3 Å². The van der Waals surface area contributed by atoms with Crippen molar-refractivity contribution in [2.75, 3.05) is 19.6 Å². The fourth-order valence-corrected chi connectivity index (χ4v) is 4.58. The molecule has 1 aliphatic rings. The summed E-state index contributed by atoms with van der Waals surface area (Å²) in [6.45, 7) is 2.58. The number of fused-ring (bicyclic) bond motifs is 1. The molecule has 0 bridgehead atoms. The largest absolute Gasteiger partial charge is 0.326 e. The molecule has 7 nitrogen and oxygen atoms in total. The van der Waals surface area contributed by atoms with E-state index >= 15 is 0 Å². The lowest BCUT2D eigenvalue weighted by molar-refractivity contribution is 0.188. The summed E-state index contributed by atoms with van der Waals surface area (Å²) in [5, 5.41) is 0. The van der Waals surface area contributed by atoms with Gasteiger partial charge in [-0.2, -0.15) is 0 Å². The fraction of sp³-hybridized carbons (Fsp3) is 0.304. The first-order valence-corrected chi connectivity index (χ1v) is 10.6. The van der Waals surface area contributed by atoms with Gasteiger partial charge in [0.2, 0.25) is 0 Å². The number of nitrogens with one attached hydrogen (secondary N) is 3. The van der Waals surface area contributed by atoms with Crippen LogP contribution in [0.1, 0.15) is 24.6 Å². The number of nitrogens with zero attached hydrogens (tertiary/aromatic N) is 2. The summed E-state index contributed by atoms with van der Waals surface area (Å²) in [7, 11) is 0. The molecule has 1 aliphatic heterocycles. The van der Waals surface area contributed by atoms with Crippen LogP contribution in [0.3, 0.4) is 0 Å². The van der Waals surface area contributed by atoms with Crippen LogP contribution in [-0.2, 0) is 6.42 Å². The van der Waals surface area contributed by atoms with E-state index in [4.69, 9.17) is 0 Å². The van der Waals surface area contributed by atoms with Crippen molar-refractivity contribution in [3.05, 3.63) is 81.0 Å². The number of imidazole rings is 2. The Morgan fingerprint density at radius 3 is 2.45 bits per heavy atom. The third-order valence-electron chi connectivity index (χ3n) is 6.16. The number of likely N-dealkylation sites (tertiary alicyclic amines) is 1. The number of H-pyrrole nitrogens is 3. The molecule has 4 aromatic rings. The zero-order valence-electron chi connectivity index (χ0n) is 17.0. The lowest BCUT2D eigenvalue weighted by atomic mass is 10.0. The second kappa shape index (κ2) is 8.03. The monoisotopic (exact) mass is 421 g/mol. The number of hydrogen-bond donors (Lipinski definition) is 3. The average Bonchev–Trinajstić information content (AvgIpc) is 3.32. The van der Waals surface area contributed by atoms with Crippen LogP contribution in [0.5, 0.6) is 0 Å². The minimum atomic E-state index is -0.305. The maximum absolute atomic E-state index is 13.2. The second-order valence-corrected chi connectivity index (χ2v) is 8.08. The molecule has 0 amide bonds. The number of rotatable bonds is 5. The molecule has 5 rings (SSSR count). The van der Waals surface area contributed by atoms with Gasteiger partial charge in [-0.15, -0.1) is 0 Å². The number of hydrogen-bond acceptors (Lipinski definition) is 3. The van der Waals surface area contributed by atoms with Crippen molar-refractivity contribution >= 4 is 11.0 Å². The number of para-hydroxylation sites is 2. The molecular weight excluding hydrogens is 397 g/mol. The van der Waals surface area contributed by atoms with Crippen molar-refractivity contribution in [1.29, 1.82) is 0 Å². The lowest BCUT2D eigenvalue weighted by Gasteiger charge is -2.32. The summed E-state index contributed by atoms with van der Waals surface area (Å²) < 4.78 is 15.1. The molecule has 160 valence electrons. The molecule has 31 heavy (non-hydrogen) atoms. The summed E-state index contributed by atoms with van der Waals surface area (Å²) in [6, 6.07) is 14.1. The summed E-state index contributed by atoms with van der Waals surface area (Å²) in [6.07, 6.45) is 2.48. The third kappa shape index (κ3) is 3.86. The van der Waals surface area contributed by atoms with E-state index in [0.29, 0.717) is 12.1 Å². The highest BCUT2D eigenvalue weighted by Crippen LogP contribution is 2.25.